The first-order valence-electron chi connectivity index (χ1n) is 8.92. The highest BCUT2D eigenvalue weighted by molar-refractivity contribution is 8.09. The molecule has 0 saturated carbocycles. The lowest BCUT2D eigenvalue weighted by atomic mass is 10.2. The third kappa shape index (κ3) is 6.15. The summed E-state index contributed by atoms with van der Waals surface area (Å²) in [5.74, 6) is 2.18. The Labute approximate surface area is 171 Å². The Balaban J connectivity index is 1.52. The van der Waals surface area contributed by atoms with Crippen molar-refractivity contribution in [3.05, 3.63) is 102 Å². The van der Waals surface area contributed by atoms with E-state index in [1.54, 1.807) is 0 Å². The van der Waals surface area contributed by atoms with E-state index in [4.69, 9.17) is 12.6 Å². The molecule has 1 atom stereocenters. The summed E-state index contributed by atoms with van der Waals surface area (Å²) in [5, 5.41) is 0. The average Bonchev–Trinajstić information content (AvgIpc) is 2.70. The zero-order chi connectivity index (χ0) is 18.0. The topological polar surface area (TPSA) is 0 Å². The van der Waals surface area contributed by atoms with Gasteiger partial charge in [0.05, 0.1) is 4.58 Å². The van der Waals surface area contributed by atoms with Gasteiger partial charge in [0.15, 0.2) is 0 Å². The van der Waals surface area contributed by atoms with Gasteiger partial charge in [-0.3, -0.25) is 0 Å². The Morgan fingerprint density at radius 3 is 1.85 bits per heavy atom. The zero-order valence-corrected chi connectivity index (χ0v) is 17.3. The minimum absolute atomic E-state index is 0.221. The lowest BCUT2D eigenvalue weighted by Gasteiger charge is -2.15. The van der Waals surface area contributed by atoms with Crippen LogP contribution in [0.1, 0.15) is 21.3 Å². The van der Waals surface area contributed by atoms with E-state index in [0.29, 0.717) is 0 Å². The number of aryl methyl sites for hydroxylation is 2. The quantitative estimate of drug-likeness (QED) is 0.237. The number of hydrogen-bond donors (Lipinski definition) is 1. The molecule has 3 rings (SSSR count). The molecule has 0 spiro atoms. The normalized spacial score (nSPS) is 12.0. The molecule has 0 heterocycles. The second kappa shape index (κ2) is 10.8. The minimum atomic E-state index is 0.221. The highest BCUT2D eigenvalue weighted by atomic mass is 32.2. The van der Waals surface area contributed by atoms with Gasteiger partial charge in [0.1, 0.15) is 0 Å². The maximum Gasteiger partial charge on any atom is 0.0732 e. The molecule has 0 fully saturated rings. The molecule has 3 heteroatoms. The maximum atomic E-state index is 4.88. The molecular formula is C23H24S3. The van der Waals surface area contributed by atoms with Crippen molar-refractivity contribution in [1.82, 2.24) is 0 Å². The standard InChI is InChI=1S/C23H24S3/c24-23(26-18-16-20-11-5-2-6-12-20)21-13-7-8-14-22(21)25-17-15-19-9-3-1-4-10-19/h1-14,23-24H,15-18H2. The van der Waals surface area contributed by atoms with Crippen LogP contribution in [0.4, 0.5) is 0 Å². The third-order valence-electron chi connectivity index (χ3n) is 4.19. The van der Waals surface area contributed by atoms with E-state index in [1.165, 1.54) is 21.6 Å². The van der Waals surface area contributed by atoms with Crippen LogP contribution in [-0.4, -0.2) is 11.5 Å². The summed E-state index contributed by atoms with van der Waals surface area (Å²) in [6.45, 7) is 0. The SMILES string of the molecule is SC(SCCc1ccccc1)c1ccccc1SCCc1ccccc1. The summed E-state index contributed by atoms with van der Waals surface area (Å²) in [7, 11) is 0. The fraction of sp³-hybridized carbons (Fsp3) is 0.217. The summed E-state index contributed by atoms with van der Waals surface area (Å²) in [4.78, 5) is 1.36. The van der Waals surface area contributed by atoms with Crippen LogP contribution in [-0.2, 0) is 12.8 Å². The van der Waals surface area contributed by atoms with Crippen LogP contribution in [0.2, 0.25) is 0 Å². The largest absolute Gasteiger partial charge is 0.160 e. The van der Waals surface area contributed by atoms with Crippen molar-refractivity contribution in [1.29, 1.82) is 0 Å². The fourth-order valence-electron chi connectivity index (χ4n) is 2.76. The number of hydrogen-bond acceptors (Lipinski definition) is 3. The van der Waals surface area contributed by atoms with Gasteiger partial charge >= 0.3 is 0 Å². The van der Waals surface area contributed by atoms with Gasteiger partial charge in [0.2, 0.25) is 0 Å². The second-order valence-corrected chi connectivity index (χ2v) is 9.30. The fourth-order valence-corrected chi connectivity index (χ4v) is 5.51. The predicted molar refractivity (Wildman–Crippen MR) is 122 cm³/mol. The van der Waals surface area contributed by atoms with Gasteiger partial charge in [0.25, 0.3) is 0 Å². The number of thioether (sulfide) groups is 2. The number of thiol groups is 1. The Hall–Kier alpha value is -1.29. The van der Waals surface area contributed by atoms with Crippen molar-refractivity contribution in [2.75, 3.05) is 11.5 Å². The Morgan fingerprint density at radius 1 is 0.654 bits per heavy atom. The van der Waals surface area contributed by atoms with Crippen LogP contribution in [0.3, 0.4) is 0 Å². The molecular weight excluding hydrogens is 372 g/mol. The summed E-state index contributed by atoms with van der Waals surface area (Å²) >= 11 is 8.73. The molecule has 134 valence electrons. The molecule has 0 nitrogen and oxygen atoms in total. The van der Waals surface area contributed by atoms with Crippen LogP contribution < -0.4 is 0 Å². The molecule has 1 unspecified atom stereocenters. The third-order valence-corrected chi connectivity index (χ3v) is 7.01. The van der Waals surface area contributed by atoms with Crippen molar-refractivity contribution in [2.45, 2.75) is 22.3 Å². The molecule has 0 amide bonds. The molecule has 0 aliphatic carbocycles. The Morgan fingerprint density at radius 2 is 1.19 bits per heavy atom. The van der Waals surface area contributed by atoms with Crippen molar-refractivity contribution < 1.29 is 0 Å². The van der Waals surface area contributed by atoms with Gasteiger partial charge in [-0.1, -0.05) is 78.9 Å². The van der Waals surface area contributed by atoms with E-state index in [0.717, 1.165) is 24.3 Å². The highest BCUT2D eigenvalue weighted by Gasteiger charge is 2.12. The molecule has 0 aromatic heterocycles. The summed E-state index contributed by atoms with van der Waals surface area (Å²) in [6, 6.07) is 30.1. The monoisotopic (exact) mass is 396 g/mol. The van der Waals surface area contributed by atoms with Crippen LogP contribution >= 0.6 is 36.2 Å². The van der Waals surface area contributed by atoms with E-state index in [2.05, 4.69) is 84.9 Å². The number of rotatable bonds is 9. The molecule has 0 radical (unpaired) electrons. The molecule has 0 bridgehead atoms. The lowest BCUT2D eigenvalue weighted by Crippen LogP contribution is -1.95. The van der Waals surface area contributed by atoms with Crippen molar-refractivity contribution in [3.63, 3.8) is 0 Å². The van der Waals surface area contributed by atoms with E-state index in [9.17, 15) is 0 Å². The van der Waals surface area contributed by atoms with E-state index in [-0.39, 0.29) is 4.58 Å². The predicted octanol–water partition coefficient (Wildman–Crippen LogP) is 6.93. The van der Waals surface area contributed by atoms with E-state index in [1.807, 2.05) is 23.5 Å². The number of benzene rings is 3. The first kappa shape index (κ1) is 19.5. The summed E-state index contributed by atoms with van der Waals surface area (Å²) in [5.41, 5.74) is 4.13. The van der Waals surface area contributed by atoms with Crippen LogP contribution in [0.5, 0.6) is 0 Å². The van der Waals surface area contributed by atoms with Gasteiger partial charge < -0.3 is 0 Å². The lowest BCUT2D eigenvalue weighted by molar-refractivity contribution is 1.14. The molecule has 0 N–H and O–H groups in total. The van der Waals surface area contributed by atoms with Gasteiger partial charge in [-0.05, 0) is 41.4 Å². The van der Waals surface area contributed by atoms with E-state index >= 15 is 0 Å². The molecule has 3 aromatic carbocycles. The first-order valence-corrected chi connectivity index (χ1v) is 11.5. The Kier molecular flexibility index (Phi) is 8.06. The summed E-state index contributed by atoms with van der Waals surface area (Å²) in [6.07, 6.45) is 2.18. The molecule has 0 aliphatic rings. The van der Waals surface area contributed by atoms with Crippen molar-refractivity contribution in [2.24, 2.45) is 0 Å². The summed E-state index contributed by atoms with van der Waals surface area (Å²) < 4.78 is 0.221. The molecule has 0 saturated heterocycles. The van der Waals surface area contributed by atoms with Gasteiger partial charge in [-0.15, -0.1) is 23.5 Å². The van der Waals surface area contributed by atoms with E-state index < -0.39 is 0 Å². The molecule has 0 aliphatic heterocycles. The molecule has 3 aromatic rings. The van der Waals surface area contributed by atoms with Gasteiger partial charge in [-0.2, -0.15) is 12.6 Å². The minimum Gasteiger partial charge on any atom is -0.160 e. The smallest absolute Gasteiger partial charge is 0.0732 e. The average molecular weight is 397 g/mol. The van der Waals surface area contributed by atoms with Gasteiger partial charge in [-0.25, -0.2) is 0 Å². The highest BCUT2D eigenvalue weighted by Crippen LogP contribution is 2.38. The first-order chi connectivity index (χ1) is 12.8. The van der Waals surface area contributed by atoms with Crippen LogP contribution in [0, 0.1) is 0 Å². The molecule has 26 heavy (non-hydrogen) atoms. The maximum absolute atomic E-state index is 4.88. The van der Waals surface area contributed by atoms with Crippen LogP contribution in [0.15, 0.2) is 89.8 Å². The Bertz CT molecular complexity index is 772. The van der Waals surface area contributed by atoms with Gasteiger partial charge in [0, 0.05) is 10.6 Å². The van der Waals surface area contributed by atoms with Crippen molar-refractivity contribution >= 4 is 36.2 Å². The van der Waals surface area contributed by atoms with Crippen LogP contribution in [0.25, 0.3) is 0 Å². The van der Waals surface area contributed by atoms with Crippen molar-refractivity contribution in [3.8, 4) is 0 Å². The zero-order valence-electron chi connectivity index (χ0n) is 14.8. The second-order valence-electron chi connectivity index (χ2n) is 6.08.